The Morgan fingerprint density at radius 2 is 1.61 bits per heavy atom. The minimum Gasteiger partial charge on any atom is -0.484 e. The zero-order valence-corrected chi connectivity index (χ0v) is 17.8. The minimum atomic E-state index is -3.68. The summed E-state index contributed by atoms with van der Waals surface area (Å²) in [6.45, 7) is 1.93. The maximum atomic E-state index is 12.9. The second-order valence-electron chi connectivity index (χ2n) is 6.93. The Labute approximate surface area is 181 Å². The molecule has 0 atom stereocenters. The molecule has 0 fully saturated rings. The van der Waals surface area contributed by atoms with E-state index >= 15 is 0 Å². The van der Waals surface area contributed by atoms with Crippen molar-refractivity contribution in [2.24, 2.45) is 0 Å². The van der Waals surface area contributed by atoms with Gasteiger partial charge >= 0.3 is 0 Å². The van der Waals surface area contributed by atoms with Crippen LogP contribution in [0.3, 0.4) is 0 Å². The molecule has 0 heterocycles. The molecule has 0 saturated carbocycles. The fraction of sp³-hybridized carbons (Fsp3) is 0.174. The highest BCUT2D eigenvalue weighted by Crippen LogP contribution is 2.22. The van der Waals surface area contributed by atoms with Crippen molar-refractivity contribution in [2.45, 2.75) is 24.9 Å². The molecule has 3 aromatic carbocycles. The lowest BCUT2D eigenvalue weighted by Crippen LogP contribution is -2.28. The molecule has 0 aromatic heterocycles. The Kier molecular flexibility index (Phi) is 7.38. The molecule has 2 N–H and O–H groups in total. The van der Waals surface area contributed by atoms with Crippen LogP contribution < -0.4 is 14.8 Å². The van der Waals surface area contributed by atoms with Gasteiger partial charge in [0, 0.05) is 13.1 Å². The highest BCUT2D eigenvalue weighted by Gasteiger charge is 2.15. The van der Waals surface area contributed by atoms with Crippen molar-refractivity contribution in [2.75, 3.05) is 6.61 Å². The quantitative estimate of drug-likeness (QED) is 0.533. The fourth-order valence-electron chi connectivity index (χ4n) is 2.81. The van der Waals surface area contributed by atoms with Crippen LogP contribution in [0.4, 0.5) is 4.39 Å². The molecule has 31 heavy (non-hydrogen) atoms. The summed E-state index contributed by atoms with van der Waals surface area (Å²) in [7, 11) is -3.68. The summed E-state index contributed by atoms with van der Waals surface area (Å²) in [4.78, 5) is 12.1. The zero-order chi connectivity index (χ0) is 22.3. The maximum Gasteiger partial charge on any atom is 0.258 e. The molecule has 0 bridgehead atoms. The van der Waals surface area contributed by atoms with Gasteiger partial charge in [0.25, 0.3) is 5.91 Å². The number of sulfonamides is 1. The van der Waals surface area contributed by atoms with Gasteiger partial charge in [0.05, 0.1) is 4.90 Å². The number of aryl methyl sites for hydroxylation is 1. The molecule has 0 spiro atoms. The molecule has 0 aliphatic carbocycles. The maximum absolute atomic E-state index is 12.9. The third kappa shape index (κ3) is 6.63. The Balaban J connectivity index is 1.53. The number of amides is 1. The van der Waals surface area contributed by atoms with Gasteiger partial charge in [-0.25, -0.2) is 17.5 Å². The number of hydrogen-bond donors (Lipinski definition) is 2. The van der Waals surface area contributed by atoms with E-state index in [9.17, 15) is 17.6 Å². The van der Waals surface area contributed by atoms with E-state index in [-0.39, 0.29) is 36.3 Å². The van der Waals surface area contributed by atoms with Crippen LogP contribution in [0.5, 0.6) is 5.75 Å². The number of ether oxygens (including phenoxy) is 1. The number of carbonyl (C=O) groups excluding carboxylic acids is 1. The lowest BCUT2D eigenvalue weighted by atomic mass is 10.2. The molecular weight excluding hydrogens is 419 g/mol. The van der Waals surface area contributed by atoms with Crippen LogP contribution in [-0.4, -0.2) is 20.9 Å². The SMILES string of the molecule is Cc1cc(S(=O)(=O)NCc2ccccc2)ccc1OCC(=O)NCc1ccc(F)cc1. The van der Waals surface area contributed by atoms with Crippen LogP contribution in [0, 0.1) is 12.7 Å². The molecule has 162 valence electrons. The molecule has 3 aromatic rings. The molecule has 0 aliphatic rings. The van der Waals surface area contributed by atoms with E-state index in [0.29, 0.717) is 11.3 Å². The molecule has 0 saturated heterocycles. The number of halogens is 1. The molecule has 3 rings (SSSR count). The van der Waals surface area contributed by atoms with E-state index in [0.717, 1.165) is 11.1 Å². The van der Waals surface area contributed by atoms with Crippen molar-refractivity contribution in [3.8, 4) is 5.75 Å². The van der Waals surface area contributed by atoms with Crippen molar-refractivity contribution in [1.82, 2.24) is 10.0 Å². The van der Waals surface area contributed by atoms with Crippen LogP contribution in [0.2, 0.25) is 0 Å². The molecule has 0 radical (unpaired) electrons. The summed E-state index contributed by atoms with van der Waals surface area (Å²) in [5, 5.41) is 2.68. The Bertz CT molecular complexity index is 1130. The predicted octanol–water partition coefficient (Wildman–Crippen LogP) is 3.31. The van der Waals surface area contributed by atoms with Crippen molar-refractivity contribution in [1.29, 1.82) is 0 Å². The number of rotatable bonds is 9. The summed E-state index contributed by atoms with van der Waals surface area (Å²) in [6.07, 6.45) is 0. The Hall–Kier alpha value is -3.23. The van der Waals surface area contributed by atoms with Gasteiger partial charge < -0.3 is 10.1 Å². The smallest absolute Gasteiger partial charge is 0.258 e. The average molecular weight is 443 g/mol. The van der Waals surface area contributed by atoms with Crippen LogP contribution in [0.15, 0.2) is 77.7 Å². The van der Waals surface area contributed by atoms with Gasteiger partial charge in [-0.05, 0) is 53.9 Å². The van der Waals surface area contributed by atoms with E-state index in [1.54, 1.807) is 19.1 Å². The highest BCUT2D eigenvalue weighted by molar-refractivity contribution is 7.89. The van der Waals surface area contributed by atoms with Crippen LogP contribution in [0.25, 0.3) is 0 Å². The molecule has 0 aliphatic heterocycles. The molecule has 1 amide bonds. The van der Waals surface area contributed by atoms with E-state index < -0.39 is 10.0 Å². The standard InChI is InChI=1S/C23H23FN2O4S/c1-17-13-21(31(28,29)26-15-18-5-3-2-4-6-18)11-12-22(17)30-16-23(27)25-14-19-7-9-20(24)10-8-19/h2-13,26H,14-16H2,1H3,(H,25,27). The Morgan fingerprint density at radius 1 is 0.935 bits per heavy atom. The highest BCUT2D eigenvalue weighted by atomic mass is 32.2. The summed E-state index contributed by atoms with van der Waals surface area (Å²) in [5.74, 6) is -0.265. The summed E-state index contributed by atoms with van der Waals surface area (Å²) >= 11 is 0. The molecule has 0 unspecified atom stereocenters. The van der Waals surface area contributed by atoms with Crippen molar-refractivity contribution < 1.29 is 22.3 Å². The fourth-order valence-corrected chi connectivity index (χ4v) is 3.91. The normalized spacial score (nSPS) is 11.2. The van der Waals surface area contributed by atoms with Gasteiger partial charge in [-0.3, -0.25) is 4.79 Å². The summed E-state index contributed by atoms with van der Waals surface area (Å²) in [6, 6.07) is 19.5. The lowest BCUT2D eigenvalue weighted by molar-refractivity contribution is -0.123. The van der Waals surface area contributed by atoms with Crippen LogP contribution in [0.1, 0.15) is 16.7 Å². The van der Waals surface area contributed by atoms with E-state index in [2.05, 4.69) is 10.0 Å². The monoisotopic (exact) mass is 442 g/mol. The van der Waals surface area contributed by atoms with Gasteiger partial charge in [0.15, 0.2) is 6.61 Å². The molecule has 8 heteroatoms. The summed E-state index contributed by atoms with van der Waals surface area (Å²) < 4.78 is 46.1. The van der Waals surface area contributed by atoms with Crippen LogP contribution in [-0.2, 0) is 27.9 Å². The Morgan fingerprint density at radius 3 is 2.29 bits per heavy atom. The van der Waals surface area contributed by atoms with E-state index in [1.165, 1.54) is 30.3 Å². The number of carbonyl (C=O) groups is 1. The van der Waals surface area contributed by atoms with Crippen molar-refractivity contribution in [3.63, 3.8) is 0 Å². The summed E-state index contributed by atoms with van der Waals surface area (Å²) in [5.41, 5.74) is 2.21. The zero-order valence-electron chi connectivity index (χ0n) is 17.0. The van der Waals surface area contributed by atoms with Gasteiger partial charge in [-0.1, -0.05) is 42.5 Å². The first-order valence-corrected chi connectivity index (χ1v) is 11.1. The van der Waals surface area contributed by atoms with Crippen molar-refractivity contribution in [3.05, 3.63) is 95.3 Å². The first kappa shape index (κ1) is 22.5. The largest absolute Gasteiger partial charge is 0.484 e. The average Bonchev–Trinajstić information content (AvgIpc) is 2.77. The van der Waals surface area contributed by atoms with Gasteiger partial charge in [-0.15, -0.1) is 0 Å². The number of benzene rings is 3. The molecule has 6 nitrogen and oxygen atoms in total. The minimum absolute atomic E-state index is 0.119. The topological polar surface area (TPSA) is 84.5 Å². The predicted molar refractivity (Wildman–Crippen MR) is 115 cm³/mol. The third-order valence-corrected chi connectivity index (χ3v) is 5.93. The first-order valence-electron chi connectivity index (χ1n) is 9.62. The van der Waals surface area contributed by atoms with E-state index in [1.807, 2.05) is 30.3 Å². The molecular formula is C23H23FN2O4S. The van der Waals surface area contributed by atoms with Gasteiger partial charge in [-0.2, -0.15) is 0 Å². The lowest BCUT2D eigenvalue weighted by Gasteiger charge is -2.12. The number of nitrogens with one attached hydrogen (secondary N) is 2. The van der Waals surface area contributed by atoms with Crippen molar-refractivity contribution >= 4 is 15.9 Å². The second kappa shape index (κ2) is 10.2. The van der Waals surface area contributed by atoms with Gasteiger partial charge in [0.2, 0.25) is 10.0 Å². The third-order valence-electron chi connectivity index (χ3n) is 4.53. The first-order chi connectivity index (χ1) is 14.8. The van der Waals surface area contributed by atoms with Gasteiger partial charge in [0.1, 0.15) is 11.6 Å². The number of hydrogen-bond acceptors (Lipinski definition) is 4. The van der Waals surface area contributed by atoms with E-state index in [4.69, 9.17) is 4.74 Å². The second-order valence-corrected chi connectivity index (χ2v) is 8.70. The van der Waals surface area contributed by atoms with Crippen LogP contribution >= 0.6 is 0 Å².